The van der Waals surface area contributed by atoms with Crippen molar-refractivity contribution >= 4 is 23.2 Å². The minimum Gasteiger partial charge on any atom is -0.497 e. The van der Waals surface area contributed by atoms with Crippen LogP contribution < -0.4 is 10.1 Å². The van der Waals surface area contributed by atoms with Crippen LogP contribution in [-0.2, 0) is 17.9 Å². The lowest BCUT2D eigenvalue weighted by atomic mass is 10.2. The van der Waals surface area contributed by atoms with E-state index in [9.17, 15) is 4.79 Å². The first-order valence-electron chi connectivity index (χ1n) is 7.53. The van der Waals surface area contributed by atoms with Gasteiger partial charge >= 0.3 is 0 Å². The van der Waals surface area contributed by atoms with Crippen LogP contribution in [0, 0.1) is 0 Å². The van der Waals surface area contributed by atoms with Gasteiger partial charge in [0.05, 0.1) is 31.0 Å². The quantitative estimate of drug-likeness (QED) is 0.807. The third kappa shape index (κ3) is 4.88. The molecule has 0 radical (unpaired) electrons. The van der Waals surface area contributed by atoms with E-state index < -0.39 is 0 Å². The fraction of sp³-hybridized carbons (Fsp3) is 0.278. The van der Waals surface area contributed by atoms with Crippen LogP contribution in [0.5, 0.6) is 5.75 Å². The van der Waals surface area contributed by atoms with Crippen molar-refractivity contribution < 1.29 is 14.6 Å². The average molecular weight is 349 g/mol. The number of carbonyl (C=O) groups excluding carboxylic acids is 1. The number of anilines is 1. The Morgan fingerprint density at radius 1 is 1.21 bits per heavy atom. The number of hydrogen-bond donors (Lipinski definition) is 2. The Kier molecular flexibility index (Phi) is 6.46. The summed E-state index contributed by atoms with van der Waals surface area (Å²) in [6.45, 7) is 0.563. The smallest absolute Gasteiger partial charge is 0.241 e. The third-order valence-corrected chi connectivity index (χ3v) is 3.98. The lowest BCUT2D eigenvalue weighted by molar-refractivity contribution is -0.128. The number of nitrogens with one attached hydrogen (secondary N) is 1. The number of likely N-dealkylation sites (N-methyl/N-ethyl adjacent to an activating group) is 1. The molecule has 0 heterocycles. The van der Waals surface area contributed by atoms with Crippen molar-refractivity contribution in [1.82, 2.24) is 4.90 Å². The van der Waals surface area contributed by atoms with Gasteiger partial charge in [0.15, 0.2) is 0 Å². The maximum absolute atomic E-state index is 12.3. The number of aliphatic hydroxyl groups excluding tert-OH is 1. The highest BCUT2D eigenvalue weighted by Gasteiger charge is 2.10. The molecule has 0 atom stereocenters. The summed E-state index contributed by atoms with van der Waals surface area (Å²) >= 11 is 6.09. The summed E-state index contributed by atoms with van der Waals surface area (Å²) < 4.78 is 5.12. The molecule has 0 aliphatic rings. The van der Waals surface area contributed by atoms with Gasteiger partial charge in [-0.05, 0) is 35.4 Å². The molecule has 6 heteroatoms. The molecule has 2 N–H and O–H groups in total. The highest BCUT2D eigenvalue weighted by Crippen LogP contribution is 2.23. The number of rotatable bonds is 7. The van der Waals surface area contributed by atoms with Crippen molar-refractivity contribution in [3.05, 3.63) is 58.6 Å². The Hall–Kier alpha value is -2.24. The van der Waals surface area contributed by atoms with Gasteiger partial charge in [-0.3, -0.25) is 4.79 Å². The predicted octanol–water partition coefficient (Wildman–Crippen LogP) is 2.91. The summed E-state index contributed by atoms with van der Waals surface area (Å²) in [5.41, 5.74) is 2.39. The van der Waals surface area contributed by atoms with Crippen LogP contribution in [0.1, 0.15) is 11.1 Å². The molecule has 24 heavy (non-hydrogen) atoms. The molecule has 2 aromatic carbocycles. The van der Waals surface area contributed by atoms with Crippen LogP contribution in [0.2, 0.25) is 5.02 Å². The van der Waals surface area contributed by atoms with Gasteiger partial charge in [0.2, 0.25) is 5.91 Å². The van der Waals surface area contributed by atoms with Gasteiger partial charge in [0, 0.05) is 13.6 Å². The van der Waals surface area contributed by atoms with Gasteiger partial charge in [-0.1, -0.05) is 29.8 Å². The van der Waals surface area contributed by atoms with Crippen molar-refractivity contribution in [3.63, 3.8) is 0 Å². The number of amides is 1. The first-order chi connectivity index (χ1) is 11.5. The Labute approximate surface area is 146 Å². The monoisotopic (exact) mass is 348 g/mol. The predicted molar refractivity (Wildman–Crippen MR) is 95.3 cm³/mol. The minimum absolute atomic E-state index is 0.0590. The van der Waals surface area contributed by atoms with E-state index in [-0.39, 0.29) is 19.1 Å². The fourth-order valence-corrected chi connectivity index (χ4v) is 2.39. The van der Waals surface area contributed by atoms with Crippen molar-refractivity contribution in [1.29, 1.82) is 0 Å². The molecule has 2 aromatic rings. The summed E-state index contributed by atoms with van der Waals surface area (Å²) in [7, 11) is 3.37. The number of ether oxygens (including phenoxy) is 1. The van der Waals surface area contributed by atoms with Gasteiger partial charge in [-0.15, -0.1) is 0 Å². The molecule has 1 amide bonds. The first kappa shape index (κ1) is 18.1. The highest BCUT2D eigenvalue weighted by molar-refractivity contribution is 6.33. The van der Waals surface area contributed by atoms with Crippen LogP contribution in [0.25, 0.3) is 0 Å². The van der Waals surface area contributed by atoms with Gasteiger partial charge in [-0.25, -0.2) is 0 Å². The zero-order chi connectivity index (χ0) is 17.5. The van der Waals surface area contributed by atoms with Crippen molar-refractivity contribution in [2.75, 3.05) is 26.0 Å². The van der Waals surface area contributed by atoms with E-state index in [4.69, 9.17) is 21.4 Å². The molecule has 5 nitrogen and oxygen atoms in total. The second-order valence-corrected chi connectivity index (χ2v) is 5.83. The molecule has 0 aliphatic carbocycles. The second kappa shape index (κ2) is 8.57. The molecule has 0 spiro atoms. The Morgan fingerprint density at radius 3 is 2.50 bits per heavy atom. The lowest BCUT2D eigenvalue weighted by Gasteiger charge is -2.18. The van der Waals surface area contributed by atoms with Crippen molar-refractivity contribution in [3.8, 4) is 5.75 Å². The summed E-state index contributed by atoms with van der Waals surface area (Å²) in [6.07, 6.45) is 0. The molecule has 0 saturated heterocycles. The zero-order valence-electron chi connectivity index (χ0n) is 13.8. The number of nitrogens with zero attached hydrogens (tertiary/aromatic N) is 1. The van der Waals surface area contributed by atoms with E-state index in [0.717, 1.165) is 16.9 Å². The normalized spacial score (nSPS) is 10.3. The van der Waals surface area contributed by atoms with Gasteiger partial charge < -0.3 is 20.1 Å². The second-order valence-electron chi connectivity index (χ2n) is 5.42. The topological polar surface area (TPSA) is 61.8 Å². The van der Waals surface area contributed by atoms with Gasteiger partial charge in [-0.2, -0.15) is 0 Å². The fourth-order valence-electron chi connectivity index (χ4n) is 2.21. The standard InChI is InChI=1S/C18H21ClN2O3/c1-21(11-13-3-6-15(24-2)7-4-13)18(23)10-20-17-9-14(12-22)5-8-16(17)19/h3-9,20,22H,10-12H2,1-2H3. The van der Waals surface area contributed by atoms with Crippen LogP contribution >= 0.6 is 11.6 Å². The Balaban J connectivity index is 1.91. The van der Waals surface area contributed by atoms with Crippen LogP contribution in [-0.4, -0.2) is 36.6 Å². The molecule has 0 bridgehead atoms. The Bertz CT molecular complexity index is 689. The molecule has 0 unspecified atom stereocenters. The van der Waals surface area contributed by atoms with Crippen LogP contribution in [0.15, 0.2) is 42.5 Å². The number of methoxy groups -OCH3 is 1. The third-order valence-electron chi connectivity index (χ3n) is 3.65. The van der Waals surface area contributed by atoms with Crippen LogP contribution in [0.3, 0.4) is 0 Å². The molecule has 2 rings (SSSR count). The maximum atomic E-state index is 12.3. The zero-order valence-corrected chi connectivity index (χ0v) is 14.5. The number of aliphatic hydroxyl groups is 1. The molecule has 128 valence electrons. The SMILES string of the molecule is COc1ccc(CN(C)C(=O)CNc2cc(CO)ccc2Cl)cc1. The summed E-state index contributed by atoms with van der Waals surface area (Å²) in [5, 5.41) is 12.7. The summed E-state index contributed by atoms with van der Waals surface area (Å²) in [4.78, 5) is 13.9. The highest BCUT2D eigenvalue weighted by atomic mass is 35.5. The van der Waals surface area contributed by atoms with E-state index in [2.05, 4.69) is 5.32 Å². The summed E-state index contributed by atoms with van der Waals surface area (Å²) in [6, 6.07) is 12.8. The van der Waals surface area contributed by atoms with Crippen molar-refractivity contribution in [2.24, 2.45) is 0 Å². The van der Waals surface area contributed by atoms with E-state index in [0.29, 0.717) is 17.3 Å². The number of halogens is 1. The van der Waals surface area contributed by atoms with E-state index in [1.54, 1.807) is 37.3 Å². The molecule has 0 aliphatic heterocycles. The number of benzene rings is 2. The van der Waals surface area contributed by atoms with E-state index in [1.807, 2.05) is 24.3 Å². The van der Waals surface area contributed by atoms with E-state index in [1.165, 1.54) is 0 Å². The number of carbonyl (C=O) groups is 1. The first-order valence-corrected chi connectivity index (χ1v) is 7.91. The number of hydrogen-bond acceptors (Lipinski definition) is 4. The van der Waals surface area contributed by atoms with E-state index >= 15 is 0 Å². The molecular formula is C18H21ClN2O3. The van der Waals surface area contributed by atoms with Gasteiger partial charge in [0.25, 0.3) is 0 Å². The molecule has 0 saturated carbocycles. The Morgan fingerprint density at radius 2 is 1.88 bits per heavy atom. The molecule has 0 aromatic heterocycles. The largest absolute Gasteiger partial charge is 0.497 e. The van der Waals surface area contributed by atoms with Crippen LogP contribution in [0.4, 0.5) is 5.69 Å². The van der Waals surface area contributed by atoms with Crippen molar-refractivity contribution in [2.45, 2.75) is 13.2 Å². The summed E-state index contributed by atoms with van der Waals surface area (Å²) in [5.74, 6) is 0.726. The molecular weight excluding hydrogens is 328 g/mol. The lowest BCUT2D eigenvalue weighted by Crippen LogP contribution is -2.31. The average Bonchev–Trinajstić information content (AvgIpc) is 2.61. The van der Waals surface area contributed by atoms with Gasteiger partial charge in [0.1, 0.15) is 5.75 Å². The minimum atomic E-state index is -0.0723. The molecule has 0 fully saturated rings. The maximum Gasteiger partial charge on any atom is 0.241 e.